The number of nitriles is 1. The quantitative estimate of drug-likeness (QED) is 0.451. The summed E-state index contributed by atoms with van der Waals surface area (Å²) in [5, 5.41) is 11.8. The van der Waals surface area contributed by atoms with Crippen LogP contribution in [0.3, 0.4) is 0 Å². The van der Waals surface area contributed by atoms with Gasteiger partial charge in [0.25, 0.3) is 0 Å². The van der Waals surface area contributed by atoms with Gasteiger partial charge in [-0.15, -0.1) is 0 Å². The minimum Gasteiger partial charge on any atom is -0.192 e. The average molecular weight is 341 g/mol. The number of hydrogen-bond acceptors (Lipinski definition) is 1. The minimum absolute atomic E-state index is 0.718. The van der Waals surface area contributed by atoms with E-state index in [1.54, 1.807) is 0 Å². The summed E-state index contributed by atoms with van der Waals surface area (Å²) in [5.74, 6) is 0. The van der Waals surface area contributed by atoms with Gasteiger partial charge < -0.3 is 0 Å². The Labute approximate surface area is 157 Å². The van der Waals surface area contributed by atoms with Gasteiger partial charge in [0, 0.05) is 0 Å². The van der Waals surface area contributed by atoms with Gasteiger partial charge in [-0.05, 0) is 76.9 Å². The largest absolute Gasteiger partial charge is 0.192 e. The molecule has 0 fully saturated rings. The number of aryl methyl sites for hydroxylation is 1. The molecule has 0 amide bonds. The Balaban J connectivity index is 2.22. The summed E-state index contributed by atoms with van der Waals surface area (Å²) < 4.78 is 0. The van der Waals surface area contributed by atoms with Crippen LogP contribution in [0.25, 0.3) is 21.9 Å². The highest BCUT2D eigenvalue weighted by molar-refractivity contribution is 5.92. The summed E-state index contributed by atoms with van der Waals surface area (Å²) in [6.45, 7) is 4.52. The van der Waals surface area contributed by atoms with Gasteiger partial charge in [-0.3, -0.25) is 0 Å². The lowest BCUT2D eigenvalue weighted by Crippen LogP contribution is -2.00. The maximum absolute atomic E-state index is 9.10. The van der Waals surface area contributed by atoms with Gasteiger partial charge in [0.1, 0.15) is 0 Å². The van der Waals surface area contributed by atoms with Crippen LogP contribution >= 0.6 is 0 Å². The van der Waals surface area contributed by atoms with Crippen LogP contribution in [0, 0.1) is 11.3 Å². The highest BCUT2D eigenvalue weighted by atomic mass is 14.2. The van der Waals surface area contributed by atoms with Gasteiger partial charge in [-0.25, -0.2) is 0 Å². The van der Waals surface area contributed by atoms with Crippen molar-refractivity contribution >= 4 is 10.8 Å². The minimum atomic E-state index is 0.718. The second-order valence-electron chi connectivity index (χ2n) is 7.00. The zero-order valence-electron chi connectivity index (χ0n) is 15.9. The first-order chi connectivity index (χ1) is 12.8. The molecule has 1 nitrogen and oxygen atoms in total. The van der Waals surface area contributed by atoms with Crippen molar-refractivity contribution in [3.63, 3.8) is 0 Å². The van der Waals surface area contributed by atoms with Crippen LogP contribution in [0.4, 0.5) is 0 Å². The van der Waals surface area contributed by atoms with Gasteiger partial charge in [-0.1, -0.05) is 63.1 Å². The van der Waals surface area contributed by atoms with Crippen LogP contribution < -0.4 is 0 Å². The summed E-state index contributed by atoms with van der Waals surface area (Å²) in [6.07, 6.45) is 7.10. The standard InChI is InChI=1S/C25H27N/c1-3-5-10-23-22-12-8-7-9-21(22)17-25(24(23)11-6-4-2)20-15-13-19(18-26)14-16-20/h7-9,12-17H,3-6,10-11H2,1-2H3. The molecule has 1 heteroatoms. The van der Waals surface area contributed by atoms with Gasteiger partial charge in [0.15, 0.2) is 0 Å². The first kappa shape index (κ1) is 18.2. The van der Waals surface area contributed by atoms with Crippen LogP contribution in [-0.2, 0) is 12.8 Å². The first-order valence-electron chi connectivity index (χ1n) is 9.82. The van der Waals surface area contributed by atoms with E-state index in [0.717, 1.165) is 18.4 Å². The van der Waals surface area contributed by atoms with Crippen molar-refractivity contribution in [1.29, 1.82) is 5.26 Å². The topological polar surface area (TPSA) is 23.8 Å². The van der Waals surface area contributed by atoms with Crippen molar-refractivity contribution in [3.8, 4) is 17.2 Å². The van der Waals surface area contributed by atoms with Gasteiger partial charge in [0.05, 0.1) is 11.6 Å². The fourth-order valence-electron chi connectivity index (χ4n) is 3.73. The lowest BCUT2D eigenvalue weighted by molar-refractivity contribution is 0.763. The zero-order valence-corrected chi connectivity index (χ0v) is 15.9. The smallest absolute Gasteiger partial charge is 0.0991 e. The third-order valence-corrected chi connectivity index (χ3v) is 5.16. The highest BCUT2D eigenvalue weighted by Gasteiger charge is 2.14. The second kappa shape index (κ2) is 8.68. The Morgan fingerprint density at radius 3 is 2.12 bits per heavy atom. The predicted octanol–water partition coefficient (Wildman–Crippen LogP) is 7.06. The molecule has 0 saturated carbocycles. The van der Waals surface area contributed by atoms with Crippen molar-refractivity contribution in [2.75, 3.05) is 0 Å². The van der Waals surface area contributed by atoms with Crippen molar-refractivity contribution in [2.45, 2.75) is 52.4 Å². The summed E-state index contributed by atoms with van der Waals surface area (Å²) >= 11 is 0. The van der Waals surface area contributed by atoms with Crippen LogP contribution in [0.1, 0.15) is 56.2 Å². The van der Waals surface area contributed by atoms with Crippen LogP contribution in [-0.4, -0.2) is 0 Å². The van der Waals surface area contributed by atoms with Crippen LogP contribution in [0.5, 0.6) is 0 Å². The molecule has 3 rings (SSSR count). The number of benzene rings is 3. The van der Waals surface area contributed by atoms with E-state index < -0.39 is 0 Å². The van der Waals surface area contributed by atoms with E-state index in [-0.39, 0.29) is 0 Å². The van der Waals surface area contributed by atoms with Gasteiger partial charge >= 0.3 is 0 Å². The monoisotopic (exact) mass is 341 g/mol. The highest BCUT2D eigenvalue weighted by Crippen LogP contribution is 2.35. The van der Waals surface area contributed by atoms with Crippen molar-refractivity contribution < 1.29 is 0 Å². The molecule has 0 aromatic heterocycles. The summed E-state index contributed by atoms with van der Waals surface area (Å²) in [4.78, 5) is 0. The van der Waals surface area contributed by atoms with Gasteiger partial charge in [-0.2, -0.15) is 5.26 Å². The van der Waals surface area contributed by atoms with Crippen molar-refractivity contribution in [1.82, 2.24) is 0 Å². The SMILES string of the molecule is CCCCc1c(-c2ccc(C#N)cc2)cc2ccccc2c1CCCC. The Hall–Kier alpha value is -2.59. The lowest BCUT2D eigenvalue weighted by Gasteiger charge is -2.19. The number of fused-ring (bicyclic) bond motifs is 1. The number of nitrogens with zero attached hydrogens (tertiary/aromatic N) is 1. The van der Waals surface area contributed by atoms with E-state index >= 15 is 0 Å². The Kier molecular flexibility index (Phi) is 6.08. The number of rotatable bonds is 7. The molecule has 0 heterocycles. The maximum atomic E-state index is 9.10. The van der Waals surface area contributed by atoms with E-state index in [2.05, 4.69) is 62.4 Å². The van der Waals surface area contributed by atoms with E-state index in [0.29, 0.717) is 0 Å². The molecule has 0 atom stereocenters. The maximum Gasteiger partial charge on any atom is 0.0991 e. The third-order valence-electron chi connectivity index (χ3n) is 5.16. The number of unbranched alkanes of at least 4 members (excludes halogenated alkanes) is 2. The molecule has 0 aliphatic rings. The van der Waals surface area contributed by atoms with Crippen molar-refractivity contribution in [3.05, 3.63) is 71.3 Å². The average Bonchev–Trinajstić information content (AvgIpc) is 2.70. The second-order valence-corrected chi connectivity index (χ2v) is 7.00. The molecule has 0 aliphatic carbocycles. The zero-order chi connectivity index (χ0) is 18.4. The molecule has 132 valence electrons. The Morgan fingerprint density at radius 2 is 1.46 bits per heavy atom. The summed E-state index contributed by atoms with van der Waals surface area (Å²) in [5.41, 5.74) is 6.31. The molecule has 0 saturated heterocycles. The Bertz CT molecular complexity index is 913. The molecule has 3 aromatic carbocycles. The van der Waals surface area contributed by atoms with E-state index in [1.807, 2.05) is 12.1 Å². The normalized spacial score (nSPS) is 10.8. The van der Waals surface area contributed by atoms with Crippen molar-refractivity contribution in [2.24, 2.45) is 0 Å². The molecule has 0 N–H and O–H groups in total. The lowest BCUT2D eigenvalue weighted by atomic mass is 9.86. The summed E-state index contributed by atoms with van der Waals surface area (Å²) in [7, 11) is 0. The molecule has 26 heavy (non-hydrogen) atoms. The molecule has 0 spiro atoms. The summed E-state index contributed by atoms with van der Waals surface area (Å²) in [6, 6.07) is 21.4. The molecular formula is C25H27N. The fourth-order valence-corrected chi connectivity index (χ4v) is 3.73. The van der Waals surface area contributed by atoms with E-state index in [4.69, 9.17) is 5.26 Å². The molecular weight excluding hydrogens is 314 g/mol. The van der Waals surface area contributed by atoms with Gasteiger partial charge in [0.2, 0.25) is 0 Å². The molecule has 0 bridgehead atoms. The van der Waals surface area contributed by atoms with E-state index in [9.17, 15) is 0 Å². The first-order valence-corrected chi connectivity index (χ1v) is 9.82. The number of hydrogen-bond donors (Lipinski definition) is 0. The van der Waals surface area contributed by atoms with Crippen LogP contribution in [0.2, 0.25) is 0 Å². The van der Waals surface area contributed by atoms with Crippen LogP contribution in [0.15, 0.2) is 54.6 Å². The molecule has 0 unspecified atom stereocenters. The fraction of sp³-hybridized carbons (Fsp3) is 0.320. The van der Waals surface area contributed by atoms with E-state index in [1.165, 1.54) is 58.7 Å². The molecule has 3 aromatic rings. The third kappa shape index (κ3) is 3.81. The molecule has 0 radical (unpaired) electrons. The Morgan fingerprint density at radius 1 is 0.808 bits per heavy atom. The predicted molar refractivity (Wildman–Crippen MR) is 111 cm³/mol. The molecule has 0 aliphatic heterocycles.